The third-order valence-corrected chi connectivity index (χ3v) is 6.76. The van der Waals surface area contributed by atoms with E-state index >= 15 is 0 Å². The molecule has 0 radical (unpaired) electrons. The molecular formula is C24H28FN5O3. The molecule has 33 heavy (non-hydrogen) atoms. The van der Waals surface area contributed by atoms with Crippen molar-refractivity contribution in [1.82, 2.24) is 25.0 Å². The van der Waals surface area contributed by atoms with Gasteiger partial charge < -0.3 is 19.5 Å². The minimum Gasteiger partial charge on any atom is -0.376 e. The van der Waals surface area contributed by atoms with Crippen LogP contribution in [0, 0.1) is 5.82 Å². The molecule has 1 fully saturated rings. The molecule has 0 spiro atoms. The average Bonchev–Trinajstić information content (AvgIpc) is 3.29. The van der Waals surface area contributed by atoms with Gasteiger partial charge in [-0.25, -0.2) is 4.39 Å². The lowest BCUT2D eigenvalue weighted by molar-refractivity contribution is 0.0200. The number of likely N-dealkylation sites (N-methyl/N-ethyl adjacent to an activating group) is 1. The smallest absolute Gasteiger partial charge is 0.272 e. The molecule has 2 N–H and O–H groups in total. The fourth-order valence-electron chi connectivity index (χ4n) is 4.45. The first-order valence-corrected chi connectivity index (χ1v) is 11.3. The van der Waals surface area contributed by atoms with Crippen molar-refractivity contribution in [3.8, 4) is 0 Å². The SMILES string of the molecule is CC(C)OCC1(N(C)C(=O)c2[nH]nc3c2CN(C(=O)c2cc4ccc(F)cc4[nH]2)CC3)CC1. The molecule has 1 saturated carbocycles. The number of rotatable bonds is 6. The van der Waals surface area contributed by atoms with Gasteiger partial charge in [-0.1, -0.05) is 0 Å². The number of carbonyl (C=O) groups is 2. The quantitative estimate of drug-likeness (QED) is 0.599. The summed E-state index contributed by atoms with van der Waals surface area (Å²) < 4.78 is 19.3. The van der Waals surface area contributed by atoms with Crippen LogP contribution in [0.3, 0.4) is 0 Å². The Labute approximate surface area is 191 Å². The Morgan fingerprint density at radius 2 is 2.09 bits per heavy atom. The summed E-state index contributed by atoms with van der Waals surface area (Å²) in [5.41, 5.74) is 2.71. The first-order valence-electron chi connectivity index (χ1n) is 11.3. The summed E-state index contributed by atoms with van der Waals surface area (Å²) in [5, 5.41) is 8.05. The van der Waals surface area contributed by atoms with Gasteiger partial charge in [0.1, 0.15) is 17.2 Å². The number of nitrogens with one attached hydrogen (secondary N) is 2. The van der Waals surface area contributed by atoms with E-state index in [1.807, 2.05) is 20.9 Å². The minimum atomic E-state index is -0.358. The van der Waals surface area contributed by atoms with Crippen LogP contribution >= 0.6 is 0 Å². The molecule has 0 saturated heterocycles. The number of fused-ring (bicyclic) bond motifs is 2. The minimum absolute atomic E-state index is 0.103. The van der Waals surface area contributed by atoms with Crippen LogP contribution in [-0.2, 0) is 17.7 Å². The molecule has 5 rings (SSSR count). The average molecular weight is 454 g/mol. The number of aromatic nitrogens is 3. The number of amides is 2. The molecule has 2 aromatic heterocycles. The first-order chi connectivity index (χ1) is 15.8. The van der Waals surface area contributed by atoms with Crippen LogP contribution in [0.25, 0.3) is 10.9 Å². The van der Waals surface area contributed by atoms with Gasteiger partial charge in [0, 0.05) is 36.5 Å². The van der Waals surface area contributed by atoms with E-state index in [0.29, 0.717) is 43.0 Å². The second-order valence-electron chi connectivity index (χ2n) is 9.36. The van der Waals surface area contributed by atoms with Crippen molar-refractivity contribution in [2.45, 2.75) is 51.3 Å². The van der Waals surface area contributed by atoms with Gasteiger partial charge in [0.15, 0.2) is 0 Å². The number of nitrogens with zero attached hydrogens (tertiary/aromatic N) is 3. The van der Waals surface area contributed by atoms with Crippen molar-refractivity contribution in [3.63, 3.8) is 0 Å². The second kappa shape index (κ2) is 7.98. The predicted molar refractivity (Wildman–Crippen MR) is 120 cm³/mol. The number of H-pyrrole nitrogens is 2. The highest BCUT2D eigenvalue weighted by molar-refractivity contribution is 5.99. The van der Waals surface area contributed by atoms with Crippen LogP contribution in [0.4, 0.5) is 4.39 Å². The Hall–Kier alpha value is -3.20. The number of hydrogen-bond donors (Lipinski definition) is 2. The fourth-order valence-corrected chi connectivity index (χ4v) is 4.45. The van der Waals surface area contributed by atoms with Gasteiger partial charge in [-0.05, 0) is 51.0 Å². The van der Waals surface area contributed by atoms with E-state index in [9.17, 15) is 14.0 Å². The lowest BCUT2D eigenvalue weighted by Gasteiger charge is -2.30. The number of hydrogen-bond acceptors (Lipinski definition) is 4. The van der Waals surface area contributed by atoms with Gasteiger partial charge in [0.05, 0.1) is 30.5 Å². The molecule has 1 aromatic carbocycles. The zero-order valence-electron chi connectivity index (χ0n) is 19.1. The maximum atomic E-state index is 13.5. The molecule has 1 aliphatic carbocycles. The summed E-state index contributed by atoms with van der Waals surface area (Å²) in [6.07, 6.45) is 2.48. The molecule has 0 bridgehead atoms. The van der Waals surface area contributed by atoms with Gasteiger partial charge >= 0.3 is 0 Å². The molecule has 2 aliphatic rings. The Morgan fingerprint density at radius 3 is 2.82 bits per heavy atom. The van der Waals surface area contributed by atoms with Crippen LogP contribution in [0.15, 0.2) is 24.3 Å². The molecule has 174 valence electrons. The lowest BCUT2D eigenvalue weighted by Crippen LogP contribution is -2.43. The number of carbonyl (C=O) groups excluding carboxylic acids is 2. The molecule has 2 amide bonds. The van der Waals surface area contributed by atoms with E-state index in [4.69, 9.17) is 4.74 Å². The van der Waals surface area contributed by atoms with E-state index in [1.54, 1.807) is 21.9 Å². The fraction of sp³-hybridized carbons (Fsp3) is 0.458. The Kier molecular flexibility index (Phi) is 5.23. The van der Waals surface area contributed by atoms with Gasteiger partial charge in [0.25, 0.3) is 11.8 Å². The highest BCUT2D eigenvalue weighted by atomic mass is 19.1. The maximum Gasteiger partial charge on any atom is 0.272 e. The highest BCUT2D eigenvalue weighted by Crippen LogP contribution is 2.42. The maximum absolute atomic E-state index is 13.5. The largest absolute Gasteiger partial charge is 0.376 e. The molecule has 0 unspecified atom stereocenters. The van der Waals surface area contributed by atoms with E-state index in [-0.39, 0.29) is 29.3 Å². The van der Waals surface area contributed by atoms with Gasteiger partial charge in [-0.3, -0.25) is 14.7 Å². The Balaban J connectivity index is 1.35. The summed E-state index contributed by atoms with van der Waals surface area (Å²) in [5.74, 6) is -0.679. The van der Waals surface area contributed by atoms with Gasteiger partial charge in [-0.2, -0.15) is 5.10 Å². The molecule has 0 atom stereocenters. The van der Waals surface area contributed by atoms with Gasteiger partial charge in [0.2, 0.25) is 0 Å². The normalized spacial score (nSPS) is 16.8. The van der Waals surface area contributed by atoms with Gasteiger partial charge in [-0.15, -0.1) is 0 Å². The summed E-state index contributed by atoms with van der Waals surface area (Å²) in [6, 6.07) is 6.12. The zero-order chi connectivity index (χ0) is 23.3. The van der Waals surface area contributed by atoms with Crippen LogP contribution in [0.2, 0.25) is 0 Å². The van der Waals surface area contributed by atoms with Crippen molar-refractivity contribution >= 4 is 22.7 Å². The summed E-state index contributed by atoms with van der Waals surface area (Å²) in [6.45, 7) is 5.26. The molecule has 1 aliphatic heterocycles. The van der Waals surface area contributed by atoms with Crippen molar-refractivity contribution in [3.05, 3.63) is 52.7 Å². The van der Waals surface area contributed by atoms with E-state index in [2.05, 4.69) is 15.2 Å². The lowest BCUT2D eigenvalue weighted by atomic mass is 10.0. The summed E-state index contributed by atoms with van der Waals surface area (Å²) in [7, 11) is 1.81. The first kappa shape index (κ1) is 21.6. The molecule has 3 heterocycles. The summed E-state index contributed by atoms with van der Waals surface area (Å²) >= 11 is 0. The third kappa shape index (κ3) is 3.90. The molecule has 9 heteroatoms. The predicted octanol–water partition coefficient (Wildman–Crippen LogP) is 3.26. The summed E-state index contributed by atoms with van der Waals surface area (Å²) in [4.78, 5) is 33.0. The van der Waals surface area contributed by atoms with Crippen molar-refractivity contribution in [2.75, 3.05) is 20.2 Å². The van der Waals surface area contributed by atoms with Crippen molar-refractivity contribution in [2.24, 2.45) is 0 Å². The second-order valence-corrected chi connectivity index (χ2v) is 9.36. The number of aromatic amines is 2. The van der Waals surface area contributed by atoms with E-state index < -0.39 is 0 Å². The zero-order valence-corrected chi connectivity index (χ0v) is 19.1. The van der Waals surface area contributed by atoms with Crippen LogP contribution < -0.4 is 0 Å². The molecule has 3 aromatic rings. The molecule has 8 nitrogen and oxygen atoms in total. The van der Waals surface area contributed by atoms with Crippen LogP contribution in [0.1, 0.15) is 58.9 Å². The third-order valence-electron chi connectivity index (χ3n) is 6.76. The van der Waals surface area contributed by atoms with Crippen molar-refractivity contribution in [1.29, 1.82) is 0 Å². The van der Waals surface area contributed by atoms with Crippen LogP contribution in [-0.4, -0.2) is 68.6 Å². The van der Waals surface area contributed by atoms with Crippen LogP contribution in [0.5, 0.6) is 0 Å². The highest BCUT2D eigenvalue weighted by Gasteiger charge is 2.49. The standard InChI is InChI=1S/C24H28FN5O3/c1-14(2)33-13-24(7-8-24)29(3)23(32)21-17-12-30(9-6-18(17)27-28-21)22(31)20-10-15-4-5-16(25)11-19(15)26-20/h4-5,10-11,14,26H,6-9,12-13H2,1-3H3,(H,27,28). The van der Waals surface area contributed by atoms with E-state index in [0.717, 1.165) is 29.5 Å². The van der Waals surface area contributed by atoms with E-state index in [1.165, 1.54) is 12.1 Å². The monoisotopic (exact) mass is 453 g/mol. The van der Waals surface area contributed by atoms with Crippen molar-refractivity contribution < 1.29 is 18.7 Å². The Bertz CT molecular complexity index is 1230. The molecular weight excluding hydrogens is 425 g/mol. The topological polar surface area (TPSA) is 94.3 Å². The number of halogens is 1. The Morgan fingerprint density at radius 1 is 1.30 bits per heavy atom. The number of benzene rings is 1. The number of ether oxygens (including phenoxy) is 1.